The lowest BCUT2D eigenvalue weighted by atomic mass is 10.1. The van der Waals surface area contributed by atoms with E-state index in [2.05, 4.69) is 23.1 Å². The molecule has 0 saturated carbocycles. The molecule has 0 spiro atoms. The third kappa shape index (κ3) is 3.69. The monoisotopic (exact) mass is 264 g/mol. The zero-order chi connectivity index (χ0) is 13.7. The quantitative estimate of drug-likeness (QED) is 0.814. The number of aliphatic hydroxyl groups is 1. The third-order valence-electron chi connectivity index (χ3n) is 3.88. The zero-order valence-corrected chi connectivity index (χ0v) is 11.6. The SMILES string of the molecule is COc1cc(CN2CCC(CCO)C2)ccc1CN. The van der Waals surface area contributed by atoms with Gasteiger partial charge in [0, 0.05) is 31.8 Å². The fourth-order valence-electron chi connectivity index (χ4n) is 2.79. The number of ether oxygens (including phenoxy) is 1. The summed E-state index contributed by atoms with van der Waals surface area (Å²) in [6, 6.07) is 6.26. The topological polar surface area (TPSA) is 58.7 Å². The van der Waals surface area contributed by atoms with Gasteiger partial charge in [0.1, 0.15) is 5.75 Å². The summed E-state index contributed by atoms with van der Waals surface area (Å²) < 4.78 is 5.37. The van der Waals surface area contributed by atoms with Crippen molar-refractivity contribution in [2.75, 3.05) is 26.8 Å². The largest absolute Gasteiger partial charge is 0.496 e. The molecule has 2 rings (SSSR count). The van der Waals surface area contributed by atoms with E-state index in [1.165, 1.54) is 12.0 Å². The molecule has 1 aliphatic heterocycles. The molecule has 1 aromatic rings. The Kier molecular flexibility index (Phi) is 5.19. The molecule has 4 heteroatoms. The molecule has 1 aliphatic rings. The van der Waals surface area contributed by atoms with Crippen LogP contribution in [0.3, 0.4) is 0 Å². The fourth-order valence-corrected chi connectivity index (χ4v) is 2.79. The van der Waals surface area contributed by atoms with Crippen LogP contribution in [0.15, 0.2) is 18.2 Å². The maximum Gasteiger partial charge on any atom is 0.123 e. The molecule has 1 unspecified atom stereocenters. The molecule has 3 N–H and O–H groups in total. The van der Waals surface area contributed by atoms with Crippen LogP contribution < -0.4 is 10.5 Å². The Morgan fingerprint density at radius 2 is 2.32 bits per heavy atom. The van der Waals surface area contributed by atoms with Crippen LogP contribution in [0.1, 0.15) is 24.0 Å². The van der Waals surface area contributed by atoms with Gasteiger partial charge in [-0.25, -0.2) is 0 Å². The van der Waals surface area contributed by atoms with Gasteiger partial charge in [0.2, 0.25) is 0 Å². The van der Waals surface area contributed by atoms with E-state index in [1.807, 2.05) is 0 Å². The number of aliphatic hydroxyl groups excluding tert-OH is 1. The predicted molar refractivity (Wildman–Crippen MR) is 76.0 cm³/mol. The first-order valence-corrected chi connectivity index (χ1v) is 6.96. The molecule has 1 atom stereocenters. The minimum atomic E-state index is 0.303. The Morgan fingerprint density at radius 3 is 3.00 bits per heavy atom. The minimum Gasteiger partial charge on any atom is -0.496 e. The standard InChI is InChI=1S/C15H24N2O2/c1-19-15-8-13(2-3-14(15)9-16)11-17-6-4-12(10-17)5-7-18/h2-3,8,12,18H,4-7,9-11,16H2,1H3. The van der Waals surface area contributed by atoms with Gasteiger partial charge in [-0.2, -0.15) is 0 Å². The van der Waals surface area contributed by atoms with Crippen molar-refractivity contribution in [1.82, 2.24) is 4.90 Å². The fraction of sp³-hybridized carbons (Fsp3) is 0.600. The summed E-state index contributed by atoms with van der Waals surface area (Å²) in [7, 11) is 1.69. The summed E-state index contributed by atoms with van der Waals surface area (Å²) in [5, 5.41) is 8.98. The Bertz CT molecular complexity index is 409. The lowest BCUT2D eigenvalue weighted by Gasteiger charge is -2.17. The second-order valence-corrected chi connectivity index (χ2v) is 5.25. The number of methoxy groups -OCH3 is 1. The lowest BCUT2D eigenvalue weighted by molar-refractivity contribution is 0.249. The Morgan fingerprint density at radius 1 is 1.47 bits per heavy atom. The highest BCUT2D eigenvalue weighted by Gasteiger charge is 2.21. The Hall–Kier alpha value is -1.10. The van der Waals surface area contributed by atoms with Crippen LogP contribution in [0, 0.1) is 5.92 Å². The van der Waals surface area contributed by atoms with Gasteiger partial charge in [-0.3, -0.25) is 4.90 Å². The average molecular weight is 264 g/mol. The molecule has 4 nitrogen and oxygen atoms in total. The van der Waals surface area contributed by atoms with E-state index in [4.69, 9.17) is 15.6 Å². The molecule has 1 fully saturated rings. The van der Waals surface area contributed by atoms with Crippen LogP contribution in [-0.2, 0) is 13.1 Å². The molecule has 0 aromatic heterocycles. The number of likely N-dealkylation sites (tertiary alicyclic amines) is 1. The third-order valence-corrected chi connectivity index (χ3v) is 3.88. The van der Waals surface area contributed by atoms with Crippen LogP contribution in [0.5, 0.6) is 5.75 Å². The van der Waals surface area contributed by atoms with Crippen molar-refractivity contribution >= 4 is 0 Å². The van der Waals surface area contributed by atoms with E-state index in [0.29, 0.717) is 19.1 Å². The highest BCUT2D eigenvalue weighted by atomic mass is 16.5. The van der Waals surface area contributed by atoms with Crippen molar-refractivity contribution < 1.29 is 9.84 Å². The van der Waals surface area contributed by atoms with Crippen LogP contribution in [0.4, 0.5) is 0 Å². The van der Waals surface area contributed by atoms with Crippen molar-refractivity contribution in [3.63, 3.8) is 0 Å². The molecule has 1 heterocycles. The lowest BCUT2D eigenvalue weighted by Crippen LogP contribution is -2.20. The van der Waals surface area contributed by atoms with E-state index in [9.17, 15) is 0 Å². The van der Waals surface area contributed by atoms with Gasteiger partial charge in [0.25, 0.3) is 0 Å². The molecule has 106 valence electrons. The first-order chi connectivity index (χ1) is 9.26. The van der Waals surface area contributed by atoms with Crippen molar-refractivity contribution in [3.8, 4) is 5.75 Å². The smallest absolute Gasteiger partial charge is 0.123 e. The van der Waals surface area contributed by atoms with Gasteiger partial charge < -0.3 is 15.6 Å². The van der Waals surface area contributed by atoms with Crippen molar-refractivity contribution in [1.29, 1.82) is 0 Å². The highest BCUT2D eigenvalue weighted by molar-refractivity contribution is 5.37. The molecule has 0 aliphatic carbocycles. The normalized spacial score (nSPS) is 19.8. The number of hydrogen-bond donors (Lipinski definition) is 2. The molecule has 1 saturated heterocycles. The Labute approximate surface area is 115 Å². The molecule has 0 radical (unpaired) electrons. The van der Waals surface area contributed by atoms with Crippen molar-refractivity contribution in [2.24, 2.45) is 11.7 Å². The van der Waals surface area contributed by atoms with E-state index in [0.717, 1.165) is 37.4 Å². The summed E-state index contributed by atoms with van der Waals surface area (Å²) in [5.74, 6) is 1.53. The second kappa shape index (κ2) is 6.89. The summed E-state index contributed by atoms with van der Waals surface area (Å²) in [5.41, 5.74) is 7.99. The van der Waals surface area contributed by atoms with Gasteiger partial charge >= 0.3 is 0 Å². The first kappa shape index (κ1) is 14.3. The summed E-state index contributed by atoms with van der Waals surface area (Å²) in [4.78, 5) is 2.44. The number of benzene rings is 1. The van der Waals surface area contributed by atoms with Gasteiger partial charge in [-0.15, -0.1) is 0 Å². The van der Waals surface area contributed by atoms with Crippen LogP contribution >= 0.6 is 0 Å². The van der Waals surface area contributed by atoms with Crippen LogP contribution in [0.25, 0.3) is 0 Å². The maximum atomic E-state index is 8.98. The molecule has 0 amide bonds. The van der Waals surface area contributed by atoms with Crippen LogP contribution in [-0.4, -0.2) is 36.8 Å². The van der Waals surface area contributed by atoms with Gasteiger partial charge in [0.15, 0.2) is 0 Å². The zero-order valence-electron chi connectivity index (χ0n) is 11.6. The van der Waals surface area contributed by atoms with E-state index in [-0.39, 0.29) is 0 Å². The van der Waals surface area contributed by atoms with Crippen molar-refractivity contribution in [3.05, 3.63) is 29.3 Å². The first-order valence-electron chi connectivity index (χ1n) is 6.96. The second-order valence-electron chi connectivity index (χ2n) is 5.25. The van der Waals surface area contributed by atoms with Gasteiger partial charge in [0.05, 0.1) is 7.11 Å². The number of rotatable bonds is 6. The van der Waals surface area contributed by atoms with Crippen molar-refractivity contribution in [2.45, 2.75) is 25.9 Å². The molecular weight excluding hydrogens is 240 g/mol. The molecule has 1 aromatic carbocycles. The Balaban J connectivity index is 1.96. The van der Waals surface area contributed by atoms with Gasteiger partial charge in [-0.1, -0.05) is 12.1 Å². The van der Waals surface area contributed by atoms with E-state index < -0.39 is 0 Å². The minimum absolute atomic E-state index is 0.303. The summed E-state index contributed by atoms with van der Waals surface area (Å²) in [6.07, 6.45) is 2.12. The summed E-state index contributed by atoms with van der Waals surface area (Å²) in [6.45, 7) is 3.96. The summed E-state index contributed by atoms with van der Waals surface area (Å²) >= 11 is 0. The molecule has 0 bridgehead atoms. The molecular formula is C15H24N2O2. The number of nitrogens with two attached hydrogens (primary N) is 1. The van der Waals surface area contributed by atoms with Gasteiger partial charge in [-0.05, 0) is 36.9 Å². The number of nitrogens with zero attached hydrogens (tertiary/aromatic N) is 1. The maximum absolute atomic E-state index is 8.98. The predicted octanol–water partition coefficient (Wildman–Crippen LogP) is 1.36. The van der Waals surface area contributed by atoms with Crippen LogP contribution in [0.2, 0.25) is 0 Å². The highest BCUT2D eigenvalue weighted by Crippen LogP contribution is 2.24. The molecule has 19 heavy (non-hydrogen) atoms. The average Bonchev–Trinajstić information content (AvgIpc) is 2.86. The van der Waals surface area contributed by atoms with E-state index in [1.54, 1.807) is 7.11 Å². The number of hydrogen-bond acceptors (Lipinski definition) is 4. The van der Waals surface area contributed by atoms with E-state index >= 15 is 0 Å².